The van der Waals surface area contributed by atoms with Crippen molar-refractivity contribution in [3.63, 3.8) is 0 Å². The van der Waals surface area contributed by atoms with E-state index in [0.717, 1.165) is 61.3 Å². The van der Waals surface area contributed by atoms with Crippen molar-refractivity contribution in [2.75, 3.05) is 11.9 Å². The van der Waals surface area contributed by atoms with E-state index in [-0.39, 0.29) is 17.9 Å². The number of amides is 1. The zero-order valence-electron chi connectivity index (χ0n) is 15.2. The van der Waals surface area contributed by atoms with Crippen LogP contribution in [0, 0.1) is 0 Å². The van der Waals surface area contributed by atoms with Crippen LogP contribution in [0.2, 0.25) is 0 Å². The first-order valence-electron chi connectivity index (χ1n) is 9.78. The molecule has 1 aliphatic carbocycles. The number of carbonyl (C=O) groups is 1. The third-order valence-corrected chi connectivity index (χ3v) is 5.69. The van der Waals surface area contributed by atoms with Crippen molar-refractivity contribution in [2.24, 2.45) is 0 Å². The molecule has 0 saturated carbocycles. The summed E-state index contributed by atoms with van der Waals surface area (Å²) in [5, 5.41) is 3.11. The van der Waals surface area contributed by atoms with Crippen LogP contribution in [-0.2, 0) is 16.0 Å². The Hall–Kier alpha value is -2.66. The zero-order valence-corrected chi connectivity index (χ0v) is 15.2. The molecule has 2 atom stereocenters. The van der Waals surface area contributed by atoms with E-state index in [0.29, 0.717) is 0 Å². The standard InChI is InChI=1S/C22H23N3O2/c26-22(17-8-3-6-14-5-1-2-7-16(14)17)23-15-10-11-18-19(13-15)25-21(24-18)20-9-4-12-27-20/h1-2,5,7,10-11,13,17,20H,3-4,6,8-9,12H2,(H,23,26)(H,24,25). The van der Waals surface area contributed by atoms with Crippen LogP contribution in [0.3, 0.4) is 0 Å². The molecule has 1 fully saturated rings. The lowest BCUT2D eigenvalue weighted by atomic mass is 9.82. The number of carbonyl (C=O) groups excluding carboxylic acids is 1. The Morgan fingerprint density at radius 3 is 2.96 bits per heavy atom. The van der Waals surface area contributed by atoms with Crippen molar-refractivity contribution >= 4 is 22.6 Å². The van der Waals surface area contributed by atoms with Crippen LogP contribution < -0.4 is 5.32 Å². The number of benzene rings is 2. The van der Waals surface area contributed by atoms with Gasteiger partial charge < -0.3 is 15.0 Å². The van der Waals surface area contributed by atoms with Gasteiger partial charge in [-0.05, 0) is 61.4 Å². The van der Waals surface area contributed by atoms with Crippen molar-refractivity contribution < 1.29 is 9.53 Å². The van der Waals surface area contributed by atoms with E-state index in [1.54, 1.807) is 0 Å². The zero-order chi connectivity index (χ0) is 18.2. The summed E-state index contributed by atoms with van der Waals surface area (Å²) in [6.07, 6.45) is 5.16. The van der Waals surface area contributed by atoms with Crippen LogP contribution in [0.1, 0.15) is 54.7 Å². The van der Waals surface area contributed by atoms with E-state index < -0.39 is 0 Å². The highest BCUT2D eigenvalue weighted by molar-refractivity contribution is 5.97. The Labute approximate surface area is 158 Å². The fraction of sp³-hybridized carbons (Fsp3) is 0.364. The van der Waals surface area contributed by atoms with Gasteiger partial charge in [0.1, 0.15) is 11.9 Å². The van der Waals surface area contributed by atoms with E-state index in [2.05, 4.69) is 33.5 Å². The first-order valence-corrected chi connectivity index (χ1v) is 9.78. The predicted molar refractivity (Wildman–Crippen MR) is 105 cm³/mol. The fourth-order valence-electron chi connectivity index (χ4n) is 4.31. The first-order chi connectivity index (χ1) is 13.3. The van der Waals surface area contributed by atoms with Crippen LogP contribution in [0.25, 0.3) is 11.0 Å². The number of anilines is 1. The van der Waals surface area contributed by atoms with Gasteiger partial charge in [0.25, 0.3) is 0 Å². The van der Waals surface area contributed by atoms with Crippen molar-refractivity contribution in [3.8, 4) is 0 Å². The molecule has 2 N–H and O–H groups in total. The van der Waals surface area contributed by atoms with Gasteiger partial charge in [-0.3, -0.25) is 4.79 Å². The monoisotopic (exact) mass is 361 g/mol. The van der Waals surface area contributed by atoms with Gasteiger partial charge in [0, 0.05) is 12.3 Å². The number of imidazole rings is 1. The lowest BCUT2D eigenvalue weighted by Gasteiger charge is -2.24. The number of H-pyrrole nitrogens is 1. The quantitative estimate of drug-likeness (QED) is 0.723. The minimum atomic E-state index is -0.0742. The lowest BCUT2D eigenvalue weighted by Crippen LogP contribution is -2.24. The SMILES string of the molecule is O=C(Nc1ccc2nc(C3CCCO3)[nH]c2c1)C1CCCc2ccccc21. The largest absolute Gasteiger partial charge is 0.370 e. The van der Waals surface area contributed by atoms with E-state index in [1.165, 1.54) is 11.1 Å². The van der Waals surface area contributed by atoms with Gasteiger partial charge in [0.15, 0.2) is 0 Å². The Morgan fingerprint density at radius 1 is 1.15 bits per heavy atom. The van der Waals surface area contributed by atoms with Crippen LogP contribution in [0.15, 0.2) is 42.5 Å². The van der Waals surface area contributed by atoms with Gasteiger partial charge in [-0.1, -0.05) is 24.3 Å². The van der Waals surface area contributed by atoms with Gasteiger partial charge in [0.2, 0.25) is 5.91 Å². The molecule has 1 aliphatic heterocycles. The minimum Gasteiger partial charge on any atom is -0.370 e. The van der Waals surface area contributed by atoms with Gasteiger partial charge in [-0.15, -0.1) is 0 Å². The Balaban J connectivity index is 1.37. The number of hydrogen-bond donors (Lipinski definition) is 2. The predicted octanol–water partition coefficient (Wildman–Crippen LogP) is 4.47. The number of hydrogen-bond acceptors (Lipinski definition) is 3. The number of ether oxygens (including phenoxy) is 1. The summed E-state index contributed by atoms with van der Waals surface area (Å²) >= 11 is 0. The van der Waals surface area contributed by atoms with Gasteiger partial charge >= 0.3 is 0 Å². The number of aromatic amines is 1. The first kappa shape index (κ1) is 16.5. The Kier molecular flexibility index (Phi) is 4.17. The molecule has 2 aromatic carbocycles. The molecule has 5 nitrogen and oxygen atoms in total. The summed E-state index contributed by atoms with van der Waals surface area (Å²) in [4.78, 5) is 20.9. The topological polar surface area (TPSA) is 67.0 Å². The number of nitrogens with one attached hydrogen (secondary N) is 2. The summed E-state index contributed by atoms with van der Waals surface area (Å²) < 4.78 is 5.71. The second kappa shape index (κ2) is 6.82. The molecule has 138 valence electrons. The highest BCUT2D eigenvalue weighted by atomic mass is 16.5. The third-order valence-electron chi connectivity index (χ3n) is 5.69. The number of nitrogens with zero attached hydrogens (tertiary/aromatic N) is 1. The summed E-state index contributed by atoms with van der Waals surface area (Å²) in [6.45, 7) is 0.798. The Bertz CT molecular complexity index is 988. The lowest BCUT2D eigenvalue weighted by molar-refractivity contribution is -0.117. The molecule has 1 aromatic heterocycles. The molecular weight excluding hydrogens is 338 g/mol. The molecule has 5 heteroatoms. The molecule has 3 aromatic rings. The molecule has 2 aliphatic rings. The van der Waals surface area contributed by atoms with Crippen molar-refractivity contribution in [1.82, 2.24) is 9.97 Å². The van der Waals surface area contributed by atoms with Crippen LogP contribution >= 0.6 is 0 Å². The molecule has 0 radical (unpaired) electrons. The average Bonchev–Trinajstić information content (AvgIpc) is 3.36. The fourth-order valence-corrected chi connectivity index (χ4v) is 4.31. The number of rotatable bonds is 3. The molecular formula is C22H23N3O2. The molecule has 1 saturated heterocycles. The maximum absolute atomic E-state index is 12.9. The van der Waals surface area contributed by atoms with E-state index >= 15 is 0 Å². The second-order valence-electron chi connectivity index (χ2n) is 7.49. The molecule has 5 rings (SSSR count). The highest BCUT2D eigenvalue weighted by Crippen LogP contribution is 2.33. The number of aryl methyl sites for hydroxylation is 1. The van der Waals surface area contributed by atoms with Crippen molar-refractivity contribution in [3.05, 3.63) is 59.4 Å². The smallest absolute Gasteiger partial charge is 0.231 e. The van der Waals surface area contributed by atoms with Crippen LogP contribution in [0.4, 0.5) is 5.69 Å². The van der Waals surface area contributed by atoms with Crippen molar-refractivity contribution in [2.45, 2.75) is 44.1 Å². The van der Waals surface area contributed by atoms with Crippen LogP contribution in [0.5, 0.6) is 0 Å². The molecule has 2 unspecified atom stereocenters. The molecule has 0 spiro atoms. The van der Waals surface area contributed by atoms with Gasteiger partial charge in [-0.2, -0.15) is 0 Å². The molecule has 2 heterocycles. The molecule has 0 bridgehead atoms. The number of fused-ring (bicyclic) bond motifs is 2. The van der Waals surface area contributed by atoms with E-state index in [9.17, 15) is 4.79 Å². The third kappa shape index (κ3) is 3.12. The maximum atomic E-state index is 12.9. The van der Waals surface area contributed by atoms with Gasteiger partial charge in [0.05, 0.1) is 17.0 Å². The molecule has 27 heavy (non-hydrogen) atoms. The summed E-state index contributed by atoms with van der Waals surface area (Å²) in [7, 11) is 0. The maximum Gasteiger partial charge on any atom is 0.231 e. The van der Waals surface area contributed by atoms with Gasteiger partial charge in [-0.25, -0.2) is 4.98 Å². The summed E-state index contributed by atoms with van der Waals surface area (Å²) in [5.41, 5.74) is 5.11. The summed E-state index contributed by atoms with van der Waals surface area (Å²) in [6, 6.07) is 14.1. The van der Waals surface area contributed by atoms with E-state index in [4.69, 9.17) is 4.74 Å². The van der Waals surface area contributed by atoms with E-state index in [1.807, 2.05) is 24.3 Å². The molecule has 1 amide bonds. The number of aromatic nitrogens is 2. The Morgan fingerprint density at radius 2 is 2.07 bits per heavy atom. The average molecular weight is 361 g/mol. The normalized spacial score (nSPS) is 21.9. The minimum absolute atomic E-state index is 0.0641. The highest BCUT2D eigenvalue weighted by Gasteiger charge is 2.26. The van der Waals surface area contributed by atoms with Crippen LogP contribution in [-0.4, -0.2) is 22.5 Å². The van der Waals surface area contributed by atoms with Crippen molar-refractivity contribution in [1.29, 1.82) is 0 Å². The second-order valence-corrected chi connectivity index (χ2v) is 7.49. The summed E-state index contributed by atoms with van der Waals surface area (Å²) in [5.74, 6) is 0.877.